The standard InChI is InChI=1S/C44H26O2/c1-2-14-28(15-3-1)40-31-18-6-8-20-33(31)41(34-21-9-7-19-32(34)40)36-25-39-42(35-22-10-11-24-38(35)46-39)43-37(26-45-44(36)43)30-23-12-16-27-13-4-5-17-29(27)30/h1-26H/i1D,2D,3D,6D,7D,8D,9D,14D,15D,18D,19D,20D,21D. The number of hydrogen-bond donors (Lipinski definition) is 0. The molecule has 214 valence electrons. The smallest absolute Gasteiger partial charge is 0.143 e. The van der Waals surface area contributed by atoms with Gasteiger partial charge in [-0.05, 0) is 61.1 Å². The summed E-state index contributed by atoms with van der Waals surface area (Å²) in [4.78, 5) is 0. The number of rotatable bonds is 3. The van der Waals surface area contributed by atoms with Gasteiger partial charge in [-0.2, -0.15) is 0 Å². The summed E-state index contributed by atoms with van der Waals surface area (Å²) in [5.74, 6) is 0. The van der Waals surface area contributed by atoms with E-state index in [0.29, 0.717) is 27.5 Å². The zero-order chi connectivity index (χ0) is 41.5. The van der Waals surface area contributed by atoms with E-state index in [2.05, 4.69) is 0 Å². The largest absolute Gasteiger partial charge is 0.463 e. The first-order chi connectivity index (χ1) is 28.2. The minimum absolute atomic E-state index is 0.0451. The first-order valence-corrected chi connectivity index (χ1v) is 14.6. The van der Waals surface area contributed by atoms with Gasteiger partial charge in [0.25, 0.3) is 0 Å². The lowest BCUT2D eigenvalue weighted by molar-refractivity contribution is 0.617. The molecular formula is C44H26O2. The Morgan fingerprint density at radius 3 is 1.85 bits per heavy atom. The van der Waals surface area contributed by atoms with Crippen molar-refractivity contribution >= 4 is 65.2 Å². The molecule has 10 aromatic rings. The molecule has 0 N–H and O–H groups in total. The van der Waals surface area contributed by atoms with Crippen molar-refractivity contribution in [3.63, 3.8) is 0 Å². The number of furan rings is 2. The number of para-hydroxylation sites is 1. The van der Waals surface area contributed by atoms with Crippen molar-refractivity contribution in [3.8, 4) is 33.4 Å². The second kappa shape index (κ2) is 9.69. The fraction of sp³-hybridized carbons (Fsp3) is 0. The fourth-order valence-corrected chi connectivity index (χ4v) is 6.79. The summed E-state index contributed by atoms with van der Waals surface area (Å²) in [7, 11) is 0. The molecule has 0 atom stereocenters. The minimum atomic E-state index is -0.735. The van der Waals surface area contributed by atoms with E-state index in [1.54, 1.807) is 12.3 Å². The van der Waals surface area contributed by atoms with E-state index < -0.39 is 84.1 Å². The Hall–Kier alpha value is -6.12. The molecule has 46 heavy (non-hydrogen) atoms. The quantitative estimate of drug-likeness (QED) is 0.189. The molecule has 0 radical (unpaired) electrons. The highest BCUT2D eigenvalue weighted by atomic mass is 16.3. The van der Waals surface area contributed by atoms with Crippen LogP contribution < -0.4 is 0 Å². The number of benzene rings is 8. The molecule has 0 aliphatic heterocycles. The van der Waals surface area contributed by atoms with Crippen molar-refractivity contribution in [2.75, 3.05) is 0 Å². The fourth-order valence-electron chi connectivity index (χ4n) is 6.79. The van der Waals surface area contributed by atoms with Crippen molar-refractivity contribution in [2.45, 2.75) is 0 Å². The van der Waals surface area contributed by atoms with Crippen LogP contribution in [0.25, 0.3) is 98.6 Å². The second-order valence-electron chi connectivity index (χ2n) is 11.0. The van der Waals surface area contributed by atoms with Crippen LogP contribution >= 0.6 is 0 Å². The number of hydrogen-bond acceptors (Lipinski definition) is 2. The van der Waals surface area contributed by atoms with E-state index in [-0.39, 0.29) is 43.8 Å². The highest BCUT2D eigenvalue weighted by molar-refractivity contribution is 6.29. The van der Waals surface area contributed by atoms with Crippen molar-refractivity contribution in [1.82, 2.24) is 0 Å². The van der Waals surface area contributed by atoms with E-state index in [9.17, 15) is 5.48 Å². The molecule has 0 aliphatic carbocycles. The average Bonchev–Trinajstić information content (AvgIpc) is 3.85. The third-order valence-corrected chi connectivity index (χ3v) is 8.66. The lowest BCUT2D eigenvalue weighted by atomic mass is 9.85. The normalized spacial score (nSPS) is 15.9. The van der Waals surface area contributed by atoms with Crippen molar-refractivity contribution in [2.24, 2.45) is 0 Å². The third-order valence-electron chi connectivity index (χ3n) is 8.66. The minimum Gasteiger partial charge on any atom is -0.463 e. The highest BCUT2D eigenvalue weighted by Crippen LogP contribution is 2.50. The van der Waals surface area contributed by atoms with Gasteiger partial charge in [0.2, 0.25) is 0 Å². The van der Waals surface area contributed by atoms with Gasteiger partial charge in [-0.25, -0.2) is 0 Å². The Morgan fingerprint density at radius 1 is 0.457 bits per heavy atom. The van der Waals surface area contributed by atoms with Crippen LogP contribution in [-0.4, -0.2) is 0 Å². The van der Waals surface area contributed by atoms with Gasteiger partial charge < -0.3 is 8.83 Å². The molecule has 2 aromatic heterocycles. The predicted octanol–water partition coefficient (Wildman–Crippen LogP) is 12.8. The summed E-state index contributed by atoms with van der Waals surface area (Å²) in [5, 5.41) is 2.88. The zero-order valence-corrected chi connectivity index (χ0v) is 23.8. The summed E-state index contributed by atoms with van der Waals surface area (Å²) in [5.41, 5.74) is 1.91. The summed E-state index contributed by atoms with van der Waals surface area (Å²) >= 11 is 0. The molecule has 0 saturated carbocycles. The van der Waals surface area contributed by atoms with E-state index in [0.717, 1.165) is 21.7 Å². The molecule has 0 bridgehead atoms. The lowest BCUT2D eigenvalue weighted by Gasteiger charge is -2.18. The summed E-state index contributed by atoms with van der Waals surface area (Å²) in [6, 6.07) is 14.0. The molecular weight excluding hydrogens is 560 g/mol. The van der Waals surface area contributed by atoms with E-state index in [4.69, 9.17) is 21.2 Å². The predicted molar refractivity (Wildman–Crippen MR) is 192 cm³/mol. The third kappa shape index (κ3) is 3.53. The molecule has 0 amide bonds. The Balaban J connectivity index is 1.52. The topological polar surface area (TPSA) is 26.3 Å². The van der Waals surface area contributed by atoms with Crippen molar-refractivity contribution in [1.29, 1.82) is 0 Å². The van der Waals surface area contributed by atoms with Crippen molar-refractivity contribution < 1.29 is 26.7 Å². The van der Waals surface area contributed by atoms with Gasteiger partial charge in [-0.3, -0.25) is 0 Å². The first kappa shape index (κ1) is 15.7. The second-order valence-corrected chi connectivity index (χ2v) is 11.0. The first-order valence-electron chi connectivity index (χ1n) is 21.1. The monoisotopic (exact) mass is 599 g/mol. The number of fused-ring (bicyclic) bond motifs is 8. The SMILES string of the molecule is [2H]c1c([2H])c([2H])c(-c2c3c([2H])c([2H])c([2H])c([2H])c3c(-c3cc4oc5ccccc5c4c4c(-c5cccc6ccccc56)coc34)c3c([2H])c([2H])c([2H])c([2H])c23)c([2H])c1[2H]. The molecule has 2 heteroatoms. The van der Waals surface area contributed by atoms with Crippen molar-refractivity contribution in [3.05, 3.63) is 158 Å². The summed E-state index contributed by atoms with van der Waals surface area (Å²) in [6.07, 6.45) is 1.59. The molecule has 2 heterocycles. The molecule has 0 aliphatic rings. The molecule has 0 unspecified atom stereocenters. The average molecular weight is 600 g/mol. The van der Waals surface area contributed by atoms with Gasteiger partial charge in [0, 0.05) is 32.8 Å². The van der Waals surface area contributed by atoms with Gasteiger partial charge in [-0.15, -0.1) is 0 Å². The van der Waals surface area contributed by atoms with Crippen LogP contribution in [0.3, 0.4) is 0 Å². The summed E-state index contributed by atoms with van der Waals surface area (Å²) in [6.45, 7) is 0. The van der Waals surface area contributed by atoms with Crippen LogP contribution in [0.2, 0.25) is 0 Å². The van der Waals surface area contributed by atoms with E-state index in [1.165, 1.54) is 0 Å². The van der Waals surface area contributed by atoms with Crippen LogP contribution in [0.5, 0.6) is 0 Å². The Kier molecular flexibility index (Phi) is 3.32. The van der Waals surface area contributed by atoms with Gasteiger partial charge in [-0.1, -0.05) is 139 Å². The van der Waals surface area contributed by atoms with Crippen LogP contribution in [0.1, 0.15) is 17.8 Å². The molecule has 10 rings (SSSR count). The van der Waals surface area contributed by atoms with Gasteiger partial charge >= 0.3 is 0 Å². The molecule has 0 fully saturated rings. The van der Waals surface area contributed by atoms with Gasteiger partial charge in [0.05, 0.1) is 24.1 Å². The van der Waals surface area contributed by atoms with Crippen LogP contribution in [0.15, 0.2) is 166 Å². The van der Waals surface area contributed by atoms with Gasteiger partial charge in [0.15, 0.2) is 0 Å². The van der Waals surface area contributed by atoms with E-state index in [1.807, 2.05) is 66.7 Å². The van der Waals surface area contributed by atoms with Gasteiger partial charge in [0.1, 0.15) is 16.7 Å². The maximum absolute atomic E-state index is 9.45. The molecule has 0 spiro atoms. The van der Waals surface area contributed by atoms with E-state index >= 15 is 0 Å². The maximum Gasteiger partial charge on any atom is 0.143 e. The zero-order valence-electron chi connectivity index (χ0n) is 36.8. The highest BCUT2D eigenvalue weighted by Gasteiger charge is 2.25. The Morgan fingerprint density at radius 2 is 1.09 bits per heavy atom. The lowest BCUT2D eigenvalue weighted by Crippen LogP contribution is -1.91. The maximum atomic E-state index is 9.45. The Bertz CT molecular complexity index is 3430. The molecule has 8 aromatic carbocycles. The van der Waals surface area contributed by atoms with Crippen LogP contribution in [-0.2, 0) is 0 Å². The Labute approximate surface area is 283 Å². The molecule has 0 saturated heterocycles. The van der Waals surface area contributed by atoms with Crippen LogP contribution in [0, 0.1) is 0 Å². The molecule has 2 nitrogen and oxygen atoms in total. The van der Waals surface area contributed by atoms with Crippen LogP contribution in [0.4, 0.5) is 0 Å². The summed E-state index contributed by atoms with van der Waals surface area (Å²) < 4.78 is 129.